The molecule has 1 saturated heterocycles. The Hall–Kier alpha value is -3.27. The lowest BCUT2D eigenvalue weighted by atomic mass is 10.1. The summed E-state index contributed by atoms with van der Waals surface area (Å²) in [5.74, 6) is -1.06. The Kier molecular flexibility index (Phi) is 5.96. The molecule has 166 valence electrons. The van der Waals surface area contributed by atoms with Crippen LogP contribution >= 0.6 is 11.3 Å². The van der Waals surface area contributed by atoms with Gasteiger partial charge in [0.25, 0.3) is 11.8 Å². The van der Waals surface area contributed by atoms with Crippen molar-refractivity contribution in [3.05, 3.63) is 76.5 Å². The molecule has 0 bridgehead atoms. The van der Waals surface area contributed by atoms with Crippen LogP contribution in [-0.4, -0.2) is 52.8 Å². The van der Waals surface area contributed by atoms with E-state index < -0.39 is 17.6 Å². The summed E-state index contributed by atoms with van der Waals surface area (Å²) in [6, 6.07) is 10.2. The van der Waals surface area contributed by atoms with Gasteiger partial charge >= 0.3 is 6.18 Å². The minimum atomic E-state index is -4.46. The molecule has 0 spiro atoms. The van der Waals surface area contributed by atoms with Gasteiger partial charge < -0.3 is 9.80 Å². The first-order valence-electron chi connectivity index (χ1n) is 9.70. The first-order chi connectivity index (χ1) is 15.2. The summed E-state index contributed by atoms with van der Waals surface area (Å²) < 4.78 is 52.0. The topological polar surface area (TPSA) is 53.5 Å². The van der Waals surface area contributed by atoms with Crippen LogP contribution < -0.4 is 0 Å². The lowest BCUT2D eigenvalue weighted by molar-refractivity contribution is -0.137. The average Bonchev–Trinajstić information content (AvgIpc) is 3.28. The molecule has 3 aromatic rings. The third-order valence-corrected chi connectivity index (χ3v) is 6.15. The van der Waals surface area contributed by atoms with Crippen LogP contribution in [0.1, 0.15) is 25.6 Å². The Morgan fingerprint density at radius 2 is 1.47 bits per heavy atom. The number of nitrogens with zero attached hydrogens (tertiary/aromatic N) is 3. The molecule has 1 fully saturated rings. The molecule has 0 N–H and O–H groups in total. The number of alkyl halides is 3. The molecule has 0 aliphatic carbocycles. The number of hydrogen-bond acceptors (Lipinski definition) is 4. The monoisotopic (exact) mass is 463 g/mol. The largest absolute Gasteiger partial charge is 0.416 e. The quantitative estimate of drug-likeness (QED) is 0.535. The Morgan fingerprint density at radius 3 is 2.06 bits per heavy atom. The Balaban J connectivity index is 1.38. The minimum Gasteiger partial charge on any atom is -0.335 e. The SMILES string of the molecule is O=C(c1ccc(C(F)(F)F)cc1)N1CCN(C(=O)c2cnc(-c3ccccc3F)s2)CC1. The lowest BCUT2D eigenvalue weighted by Crippen LogP contribution is -2.50. The van der Waals surface area contributed by atoms with Gasteiger partial charge in [-0.3, -0.25) is 9.59 Å². The van der Waals surface area contributed by atoms with Crippen LogP contribution in [0.4, 0.5) is 17.6 Å². The predicted octanol–water partition coefficient (Wildman–Crippen LogP) is 4.57. The normalized spacial score (nSPS) is 14.5. The Labute approximate surface area is 184 Å². The van der Waals surface area contributed by atoms with E-state index in [9.17, 15) is 27.2 Å². The van der Waals surface area contributed by atoms with Gasteiger partial charge in [-0.25, -0.2) is 9.37 Å². The van der Waals surface area contributed by atoms with Gasteiger partial charge in [-0.2, -0.15) is 13.2 Å². The standard InChI is InChI=1S/C22H17F4N3O2S/c23-17-4-2-1-3-16(17)19-27-13-18(32-19)21(31)29-11-9-28(10-12-29)20(30)14-5-7-15(8-6-14)22(24,25)26/h1-8,13H,9-12H2. The number of amides is 2. The fourth-order valence-corrected chi connectivity index (χ4v) is 4.30. The predicted molar refractivity (Wildman–Crippen MR) is 111 cm³/mol. The second-order valence-electron chi connectivity index (χ2n) is 7.17. The van der Waals surface area contributed by atoms with Crippen molar-refractivity contribution in [2.75, 3.05) is 26.2 Å². The molecule has 1 aliphatic heterocycles. The number of thiazole rings is 1. The number of hydrogen-bond donors (Lipinski definition) is 0. The first-order valence-corrected chi connectivity index (χ1v) is 10.5. The van der Waals surface area contributed by atoms with Crippen LogP contribution in [0.5, 0.6) is 0 Å². The minimum absolute atomic E-state index is 0.162. The maximum atomic E-state index is 14.0. The van der Waals surface area contributed by atoms with Crippen molar-refractivity contribution in [1.82, 2.24) is 14.8 Å². The average molecular weight is 463 g/mol. The van der Waals surface area contributed by atoms with Gasteiger partial charge in [0.05, 0.1) is 11.8 Å². The summed E-state index contributed by atoms with van der Waals surface area (Å²) in [5, 5.41) is 0.405. The van der Waals surface area contributed by atoms with Crippen molar-refractivity contribution in [2.45, 2.75) is 6.18 Å². The highest BCUT2D eigenvalue weighted by Gasteiger charge is 2.31. The van der Waals surface area contributed by atoms with E-state index >= 15 is 0 Å². The van der Waals surface area contributed by atoms with Crippen LogP contribution in [0.25, 0.3) is 10.6 Å². The van der Waals surface area contributed by atoms with Gasteiger partial charge in [0.15, 0.2) is 0 Å². The van der Waals surface area contributed by atoms with Crippen molar-refractivity contribution in [2.24, 2.45) is 0 Å². The Bertz CT molecular complexity index is 1140. The number of piperazine rings is 1. The second kappa shape index (κ2) is 8.70. The molecular weight excluding hydrogens is 446 g/mol. The summed E-state index contributed by atoms with van der Waals surface area (Å²) >= 11 is 1.09. The highest BCUT2D eigenvalue weighted by Crippen LogP contribution is 2.30. The van der Waals surface area contributed by atoms with E-state index in [1.807, 2.05) is 0 Å². The van der Waals surface area contributed by atoms with Crippen molar-refractivity contribution < 1.29 is 27.2 Å². The van der Waals surface area contributed by atoms with E-state index in [0.29, 0.717) is 15.4 Å². The van der Waals surface area contributed by atoms with Crippen molar-refractivity contribution >= 4 is 23.2 Å². The molecule has 2 aromatic carbocycles. The zero-order chi connectivity index (χ0) is 22.9. The van der Waals surface area contributed by atoms with E-state index in [1.165, 1.54) is 17.2 Å². The molecule has 2 amide bonds. The van der Waals surface area contributed by atoms with E-state index in [0.717, 1.165) is 35.6 Å². The van der Waals surface area contributed by atoms with Crippen molar-refractivity contribution in [3.63, 3.8) is 0 Å². The molecule has 0 atom stereocenters. The molecule has 4 rings (SSSR count). The lowest BCUT2D eigenvalue weighted by Gasteiger charge is -2.34. The van der Waals surface area contributed by atoms with E-state index in [-0.39, 0.29) is 43.6 Å². The molecule has 1 aliphatic rings. The fraction of sp³-hybridized carbons (Fsp3) is 0.227. The summed E-state index contributed by atoms with van der Waals surface area (Å²) in [7, 11) is 0. The number of carbonyl (C=O) groups excluding carboxylic acids is 2. The van der Waals surface area contributed by atoms with Gasteiger partial charge in [0, 0.05) is 37.3 Å². The zero-order valence-electron chi connectivity index (χ0n) is 16.6. The van der Waals surface area contributed by atoms with E-state index in [4.69, 9.17) is 0 Å². The maximum Gasteiger partial charge on any atom is 0.416 e. The molecule has 0 unspecified atom stereocenters. The number of halogens is 4. The summed E-state index contributed by atoms with van der Waals surface area (Å²) in [4.78, 5) is 33.0. The smallest absolute Gasteiger partial charge is 0.335 e. The third kappa shape index (κ3) is 4.50. The Morgan fingerprint density at radius 1 is 0.875 bits per heavy atom. The highest BCUT2D eigenvalue weighted by molar-refractivity contribution is 7.16. The van der Waals surface area contributed by atoms with Gasteiger partial charge in [0.2, 0.25) is 0 Å². The molecule has 0 saturated carbocycles. The molecule has 10 heteroatoms. The second-order valence-corrected chi connectivity index (χ2v) is 8.20. The summed E-state index contributed by atoms with van der Waals surface area (Å²) in [6.07, 6.45) is -3.05. The van der Waals surface area contributed by atoms with Crippen molar-refractivity contribution in [3.8, 4) is 10.6 Å². The molecular formula is C22H17F4N3O2S. The van der Waals surface area contributed by atoms with Crippen LogP contribution in [0.3, 0.4) is 0 Å². The van der Waals surface area contributed by atoms with Crippen molar-refractivity contribution in [1.29, 1.82) is 0 Å². The summed E-state index contributed by atoms with van der Waals surface area (Å²) in [5.41, 5.74) is -0.331. The van der Waals surface area contributed by atoms with Crippen LogP contribution in [0.2, 0.25) is 0 Å². The number of rotatable bonds is 3. The van der Waals surface area contributed by atoms with E-state index in [1.54, 1.807) is 23.1 Å². The third-order valence-electron chi connectivity index (χ3n) is 5.13. The molecule has 32 heavy (non-hydrogen) atoms. The van der Waals surface area contributed by atoms with E-state index in [2.05, 4.69) is 4.98 Å². The summed E-state index contributed by atoms with van der Waals surface area (Å²) in [6.45, 7) is 1.06. The molecule has 0 radical (unpaired) electrons. The van der Waals surface area contributed by atoms with Gasteiger partial charge in [-0.15, -0.1) is 11.3 Å². The van der Waals surface area contributed by atoms with Gasteiger partial charge in [-0.05, 0) is 36.4 Å². The number of aromatic nitrogens is 1. The number of carbonyl (C=O) groups is 2. The zero-order valence-corrected chi connectivity index (χ0v) is 17.4. The van der Waals surface area contributed by atoms with Crippen LogP contribution in [0, 0.1) is 5.82 Å². The van der Waals surface area contributed by atoms with Gasteiger partial charge in [-0.1, -0.05) is 12.1 Å². The first kappa shape index (κ1) is 21.9. The maximum absolute atomic E-state index is 14.0. The van der Waals surface area contributed by atoms with Gasteiger partial charge in [0.1, 0.15) is 15.7 Å². The molecule has 1 aromatic heterocycles. The highest BCUT2D eigenvalue weighted by atomic mass is 32.1. The molecule has 5 nitrogen and oxygen atoms in total. The molecule has 2 heterocycles. The van der Waals surface area contributed by atoms with Crippen LogP contribution in [-0.2, 0) is 6.18 Å². The van der Waals surface area contributed by atoms with Crippen LogP contribution in [0.15, 0.2) is 54.7 Å². The fourth-order valence-electron chi connectivity index (χ4n) is 3.38. The number of benzene rings is 2.